The van der Waals surface area contributed by atoms with Crippen LogP contribution in [0.25, 0.3) is 0 Å². The predicted octanol–water partition coefficient (Wildman–Crippen LogP) is 0.529. The number of nitrogens with zero attached hydrogens (tertiary/aromatic N) is 1. The summed E-state index contributed by atoms with van der Waals surface area (Å²) < 4.78 is 59.7. The Kier molecular flexibility index (Phi) is 3.79. The summed E-state index contributed by atoms with van der Waals surface area (Å²) in [6.45, 7) is 0.573. The van der Waals surface area contributed by atoms with Crippen molar-refractivity contribution in [2.24, 2.45) is 0 Å². The van der Waals surface area contributed by atoms with Crippen LogP contribution in [-0.2, 0) is 19.9 Å². The van der Waals surface area contributed by atoms with Crippen molar-refractivity contribution < 1.29 is 26.3 Å². The van der Waals surface area contributed by atoms with Crippen LogP contribution < -0.4 is 9.47 Å². The molecule has 0 saturated carbocycles. The Morgan fingerprint density at radius 2 is 1.64 bits per heavy atom. The molecular formula is C12H14ClNO6S2. The van der Waals surface area contributed by atoms with Gasteiger partial charge in [-0.2, -0.15) is 4.31 Å². The number of ether oxygens (including phenoxy) is 2. The summed E-state index contributed by atoms with van der Waals surface area (Å²) in [5.41, 5.74) is 0. The summed E-state index contributed by atoms with van der Waals surface area (Å²) in [5, 5.41) is -0.648. The molecule has 1 saturated heterocycles. The lowest BCUT2D eigenvalue weighted by Gasteiger charge is -2.36. The maximum Gasteiger partial charge on any atom is 0.244 e. The van der Waals surface area contributed by atoms with Gasteiger partial charge in [-0.25, -0.2) is 16.8 Å². The first-order valence-corrected chi connectivity index (χ1v) is 10.2. The van der Waals surface area contributed by atoms with Gasteiger partial charge >= 0.3 is 0 Å². The first-order chi connectivity index (χ1) is 10.2. The van der Waals surface area contributed by atoms with Crippen molar-refractivity contribution in [3.05, 3.63) is 17.2 Å². The van der Waals surface area contributed by atoms with Crippen LogP contribution >= 0.6 is 11.6 Å². The van der Waals surface area contributed by atoms with Crippen LogP contribution in [0.15, 0.2) is 17.0 Å². The molecule has 0 unspecified atom stereocenters. The molecule has 0 spiro atoms. The molecule has 0 aliphatic carbocycles. The van der Waals surface area contributed by atoms with Gasteiger partial charge in [-0.05, 0) is 0 Å². The fraction of sp³-hybridized carbons (Fsp3) is 0.500. The van der Waals surface area contributed by atoms with E-state index in [4.69, 9.17) is 21.1 Å². The summed E-state index contributed by atoms with van der Waals surface area (Å²) >= 11 is 6.04. The van der Waals surface area contributed by atoms with E-state index in [1.54, 1.807) is 0 Å². The summed E-state index contributed by atoms with van der Waals surface area (Å²) in [4.78, 5) is -0.106. The molecule has 1 aromatic rings. The normalized spacial score (nSPS) is 19.7. The van der Waals surface area contributed by atoms with Gasteiger partial charge in [0.05, 0.1) is 10.3 Å². The van der Waals surface area contributed by atoms with Crippen molar-refractivity contribution in [3.63, 3.8) is 0 Å². The number of sulfone groups is 1. The molecule has 7 nitrogen and oxygen atoms in total. The first-order valence-electron chi connectivity index (χ1n) is 6.48. The highest BCUT2D eigenvalue weighted by Gasteiger charge is 2.42. The summed E-state index contributed by atoms with van der Waals surface area (Å²) in [7, 11) is -7.11. The van der Waals surface area contributed by atoms with E-state index in [1.165, 1.54) is 12.1 Å². The van der Waals surface area contributed by atoms with Crippen molar-refractivity contribution in [3.8, 4) is 11.5 Å². The molecule has 22 heavy (non-hydrogen) atoms. The third-order valence-electron chi connectivity index (χ3n) is 3.63. The number of benzene rings is 1. The number of sulfonamides is 1. The first kappa shape index (κ1) is 15.9. The summed E-state index contributed by atoms with van der Waals surface area (Å²) in [5.74, 6) is 0.710. The fourth-order valence-corrected chi connectivity index (χ4v) is 5.38. The molecular weight excluding hydrogens is 354 g/mol. The van der Waals surface area contributed by atoms with Crippen LogP contribution in [-0.4, -0.2) is 58.9 Å². The molecule has 2 aliphatic heterocycles. The monoisotopic (exact) mass is 367 g/mol. The summed E-state index contributed by atoms with van der Waals surface area (Å²) in [6.07, 6.45) is 1.10. The number of hydrogen-bond acceptors (Lipinski definition) is 6. The molecule has 1 aromatic carbocycles. The van der Waals surface area contributed by atoms with E-state index < -0.39 is 25.1 Å². The smallest absolute Gasteiger partial charge is 0.244 e. The van der Waals surface area contributed by atoms with Crippen molar-refractivity contribution >= 4 is 31.5 Å². The molecule has 0 aromatic heterocycles. The second kappa shape index (κ2) is 5.26. The standard InChI is InChI=1S/C12H14ClNO6S2/c1-21(15,16)8-6-14(7-8)22(17,18)12-5-11-10(4-9(12)13)19-2-3-20-11/h4-5,8H,2-3,6-7H2,1H3. The molecule has 0 amide bonds. The van der Waals surface area contributed by atoms with Crippen LogP contribution in [0.1, 0.15) is 0 Å². The number of hydrogen-bond donors (Lipinski definition) is 0. The van der Waals surface area contributed by atoms with Crippen LogP contribution in [0.3, 0.4) is 0 Å². The lowest BCUT2D eigenvalue weighted by atomic mass is 10.3. The summed E-state index contributed by atoms with van der Waals surface area (Å²) in [6, 6.07) is 2.72. The molecule has 10 heteroatoms. The molecule has 0 N–H and O–H groups in total. The molecule has 122 valence electrons. The molecule has 1 fully saturated rings. The largest absolute Gasteiger partial charge is 0.486 e. The lowest BCUT2D eigenvalue weighted by molar-refractivity contribution is 0.171. The van der Waals surface area contributed by atoms with E-state index in [0.717, 1.165) is 10.6 Å². The molecule has 2 heterocycles. The molecule has 3 rings (SSSR count). The van der Waals surface area contributed by atoms with Crippen LogP contribution in [0, 0.1) is 0 Å². The Hall–Kier alpha value is -1.03. The van der Waals surface area contributed by atoms with E-state index in [-0.39, 0.29) is 23.0 Å². The van der Waals surface area contributed by atoms with Crippen LogP contribution in [0.2, 0.25) is 5.02 Å². The van der Waals surface area contributed by atoms with Gasteiger partial charge in [-0.3, -0.25) is 0 Å². The highest BCUT2D eigenvalue weighted by molar-refractivity contribution is 7.92. The zero-order valence-corrected chi connectivity index (χ0v) is 14.0. The zero-order chi connectivity index (χ0) is 16.1. The molecule has 0 atom stereocenters. The van der Waals surface area contributed by atoms with Crippen LogP contribution in [0.5, 0.6) is 11.5 Å². The van der Waals surface area contributed by atoms with E-state index in [0.29, 0.717) is 24.7 Å². The van der Waals surface area contributed by atoms with Gasteiger partial charge in [0.15, 0.2) is 21.3 Å². The predicted molar refractivity (Wildman–Crippen MR) is 79.8 cm³/mol. The fourth-order valence-electron chi connectivity index (χ4n) is 2.25. The molecule has 2 aliphatic rings. The van der Waals surface area contributed by atoms with Gasteiger partial charge in [0.25, 0.3) is 0 Å². The minimum atomic E-state index is -3.86. The van der Waals surface area contributed by atoms with Crippen LogP contribution in [0.4, 0.5) is 0 Å². The quantitative estimate of drug-likeness (QED) is 0.774. The minimum absolute atomic E-state index is 0.0204. The Bertz CT molecular complexity index is 814. The third-order valence-corrected chi connectivity index (χ3v) is 7.44. The Balaban J connectivity index is 1.91. The highest BCUT2D eigenvalue weighted by atomic mass is 35.5. The van der Waals surface area contributed by atoms with Gasteiger partial charge in [0, 0.05) is 31.5 Å². The molecule has 0 radical (unpaired) electrons. The van der Waals surface area contributed by atoms with Gasteiger partial charge in [-0.15, -0.1) is 0 Å². The maximum absolute atomic E-state index is 12.5. The lowest BCUT2D eigenvalue weighted by Crippen LogP contribution is -2.56. The zero-order valence-electron chi connectivity index (χ0n) is 11.7. The van der Waals surface area contributed by atoms with Crippen molar-refractivity contribution in [2.75, 3.05) is 32.6 Å². The SMILES string of the molecule is CS(=O)(=O)C1CN(S(=O)(=O)c2cc3c(cc2Cl)OCCO3)C1. The third kappa shape index (κ3) is 2.66. The number of rotatable bonds is 3. The minimum Gasteiger partial charge on any atom is -0.486 e. The maximum atomic E-state index is 12.5. The second-order valence-electron chi connectivity index (χ2n) is 5.20. The topological polar surface area (TPSA) is 90.0 Å². The highest BCUT2D eigenvalue weighted by Crippen LogP contribution is 2.39. The average molecular weight is 368 g/mol. The van der Waals surface area contributed by atoms with E-state index in [9.17, 15) is 16.8 Å². The van der Waals surface area contributed by atoms with E-state index in [1.807, 2.05) is 0 Å². The van der Waals surface area contributed by atoms with Gasteiger partial charge in [0.1, 0.15) is 18.1 Å². The second-order valence-corrected chi connectivity index (χ2v) is 9.84. The van der Waals surface area contributed by atoms with Gasteiger partial charge in [-0.1, -0.05) is 11.6 Å². The number of halogens is 1. The average Bonchev–Trinajstić information content (AvgIpc) is 2.33. The van der Waals surface area contributed by atoms with Crippen molar-refractivity contribution in [1.29, 1.82) is 0 Å². The van der Waals surface area contributed by atoms with E-state index >= 15 is 0 Å². The van der Waals surface area contributed by atoms with Crippen molar-refractivity contribution in [2.45, 2.75) is 10.1 Å². The number of fused-ring (bicyclic) bond motifs is 1. The Morgan fingerprint density at radius 3 is 2.18 bits per heavy atom. The van der Waals surface area contributed by atoms with Gasteiger partial charge in [0.2, 0.25) is 10.0 Å². The Morgan fingerprint density at radius 1 is 1.09 bits per heavy atom. The van der Waals surface area contributed by atoms with Crippen molar-refractivity contribution in [1.82, 2.24) is 4.31 Å². The van der Waals surface area contributed by atoms with Gasteiger partial charge < -0.3 is 9.47 Å². The Labute approximate surface area is 133 Å². The van der Waals surface area contributed by atoms with E-state index in [2.05, 4.69) is 0 Å². The molecule has 0 bridgehead atoms.